The summed E-state index contributed by atoms with van der Waals surface area (Å²) in [5.41, 5.74) is 3.47. The Morgan fingerprint density at radius 2 is 1.16 bits per heavy atom. The molecule has 0 saturated carbocycles. The number of benzene rings is 3. The number of nitrogens with one attached hydrogen (secondary N) is 5. The maximum atomic E-state index is 12.1. The maximum Gasteiger partial charge on any atom is 0.323 e. The third-order valence-electron chi connectivity index (χ3n) is 4.14. The van der Waals surface area contributed by atoms with Gasteiger partial charge < -0.3 is 26.6 Å². The van der Waals surface area contributed by atoms with E-state index in [-0.39, 0.29) is 18.5 Å². The molecule has 31 heavy (non-hydrogen) atoms. The monoisotopic (exact) mass is 417 g/mol. The summed E-state index contributed by atoms with van der Waals surface area (Å²) < 4.78 is 0. The van der Waals surface area contributed by atoms with Crippen molar-refractivity contribution in [2.24, 2.45) is 0 Å². The van der Waals surface area contributed by atoms with Gasteiger partial charge in [-0.05, 0) is 61.0 Å². The van der Waals surface area contributed by atoms with Gasteiger partial charge in [0.25, 0.3) is 0 Å². The molecule has 0 bridgehead atoms. The molecule has 0 aliphatic carbocycles. The molecule has 0 aliphatic rings. The highest BCUT2D eigenvalue weighted by atomic mass is 16.2. The fourth-order valence-electron chi connectivity index (χ4n) is 2.72. The predicted molar refractivity (Wildman–Crippen MR) is 122 cm³/mol. The smallest absolute Gasteiger partial charge is 0.323 e. The van der Waals surface area contributed by atoms with Crippen molar-refractivity contribution >= 4 is 40.7 Å². The van der Waals surface area contributed by atoms with E-state index in [0.29, 0.717) is 22.7 Å². The molecule has 3 aromatic rings. The van der Waals surface area contributed by atoms with Crippen molar-refractivity contribution in [2.75, 3.05) is 27.8 Å². The van der Waals surface area contributed by atoms with Crippen LogP contribution < -0.4 is 26.6 Å². The molecule has 0 spiro atoms. The fraction of sp³-hybridized carbons (Fsp3) is 0.0870. The van der Waals surface area contributed by atoms with Gasteiger partial charge in [0.1, 0.15) is 0 Å². The molecular weight excluding hydrogens is 394 g/mol. The van der Waals surface area contributed by atoms with Crippen LogP contribution >= 0.6 is 0 Å². The second-order valence-corrected chi connectivity index (χ2v) is 6.75. The summed E-state index contributed by atoms with van der Waals surface area (Å²) in [4.78, 5) is 36.0. The third-order valence-corrected chi connectivity index (χ3v) is 4.14. The van der Waals surface area contributed by atoms with E-state index in [4.69, 9.17) is 0 Å². The van der Waals surface area contributed by atoms with Crippen LogP contribution in [0.25, 0.3) is 0 Å². The minimum absolute atomic E-state index is 0.183. The molecule has 0 aromatic heterocycles. The molecule has 0 unspecified atom stereocenters. The molecule has 8 nitrogen and oxygen atoms in total. The molecule has 0 radical (unpaired) electrons. The lowest BCUT2D eigenvalue weighted by Crippen LogP contribution is -2.35. The topological polar surface area (TPSA) is 111 Å². The van der Waals surface area contributed by atoms with E-state index in [1.807, 2.05) is 43.3 Å². The second kappa shape index (κ2) is 10.4. The number of hydrogen-bond donors (Lipinski definition) is 5. The normalized spacial score (nSPS) is 9.97. The molecule has 8 heteroatoms. The van der Waals surface area contributed by atoms with Gasteiger partial charge in [0.2, 0.25) is 5.91 Å². The zero-order valence-corrected chi connectivity index (χ0v) is 16.9. The summed E-state index contributed by atoms with van der Waals surface area (Å²) in [7, 11) is 0. The van der Waals surface area contributed by atoms with Gasteiger partial charge in [0.05, 0.1) is 6.54 Å². The van der Waals surface area contributed by atoms with Crippen LogP contribution in [0, 0.1) is 6.92 Å². The number of amides is 5. The van der Waals surface area contributed by atoms with Gasteiger partial charge in [-0.1, -0.05) is 30.3 Å². The SMILES string of the molecule is Cc1cccc(NC(=O)NCC(=O)Nc2ccc(NC(=O)Nc3ccccc3)cc2)c1. The standard InChI is InChI=1S/C23H23N5O3/c1-16-6-5-9-20(14-16)28-22(30)24-15-21(29)25-18-10-12-19(13-11-18)27-23(31)26-17-7-3-2-4-8-17/h2-14H,15H2,1H3,(H,25,29)(H2,24,28,30)(H2,26,27,31). The lowest BCUT2D eigenvalue weighted by atomic mass is 10.2. The van der Waals surface area contributed by atoms with Crippen molar-refractivity contribution < 1.29 is 14.4 Å². The number of carbonyl (C=O) groups excluding carboxylic acids is 3. The summed E-state index contributed by atoms with van der Waals surface area (Å²) in [5, 5.41) is 13.3. The van der Waals surface area contributed by atoms with Crippen molar-refractivity contribution in [3.8, 4) is 0 Å². The Bertz CT molecular complexity index is 1050. The minimum Gasteiger partial charge on any atom is -0.329 e. The predicted octanol–water partition coefficient (Wildman–Crippen LogP) is 4.40. The van der Waals surface area contributed by atoms with Crippen LogP contribution in [0.3, 0.4) is 0 Å². The number of para-hydroxylation sites is 1. The summed E-state index contributed by atoms with van der Waals surface area (Å²) in [6.07, 6.45) is 0. The largest absolute Gasteiger partial charge is 0.329 e. The number of urea groups is 2. The van der Waals surface area contributed by atoms with E-state index < -0.39 is 6.03 Å². The fourth-order valence-corrected chi connectivity index (χ4v) is 2.72. The minimum atomic E-state index is -0.468. The Morgan fingerprint density at radius 1 is 0.613 bits per heavy atom. The average Bonchev–Trinajstić information content (AvgIpc) is 2.74. The van der Waals surface area contributed by atoms with E-state index in [9.17, 15) is 14.4 Å². The van der Waals surface area contributed by atoms with Crippen molar-refractivity contribution in [1.82, 2.24) is 5.32 Å². The Kier molecular flexibility index (Phi) is 7.21. The average molecular weight is 417 g/mol. The van der Waals surface area contributed by atoms with E-state index in [1.54, 1.807) is 42.5 Å². The number of anilines is 4. The van der Waals surface area contributed by atoms with E-state index in [1.165, 1.54) is 0 Å². The molecule has 0 saturated heterocycles. The molecule has 0 aliphatic heterocycles. The van der Waals surface area contributed by atoms with Crippen LogP contribution in [0.15, 0.2) is 78.9 Å². The number of carbonyl (C=O) groups is 3. The van der Waals surface area contributed by atoms with Crippen LogP contribution in [0.4, 0.5) is 32.3 Å². The third kappa shape index (κ3) is 7.21. The van der Waals surface area contributed by atoms with Gasteiger partial charge in [-0.2, -0.15) is 0 Å². The van der Waals surface area contributed by atoms with Crippen LogP contribution in [-0.2, 0) is 4.79 Å². The lowest BCUT2D eigenvalue weighted by Gasteiger charge is -2.10. The van der Waals surface area contributed by atoms with Crippen LogP contribution in [0.1, 0.15) is 5.56 Å². The van der Waals surface area contributed by atoms with Crippen LogP contribution in [0.5, 0.6) is 0 Å². The molecule has 0 fully saturated rings. The van der Waals surface area contributed by atoms with Gasteiger partial charge in [-0.25, -0.2) is 9.59 Å². The van der Waals surface area contributed by atoms with Crippen molar-refractivity contribution in [3.63, 3.8) is 0 Å². The van der Waals surface area contributed by atoms with Gasteiger partial charge in [-0.15, -0.1) is 0 Å². The zero-order valence-electron chi connectivity index (χ0n) is 16.9. The highest BCUT2D eigenvalue weighted by Crippen LogP contribution is 2.14. The molecule has 0 heterocycles. The van der Waals surface area contributed by atoms with Gasteiger partial charge >= 0.3 is 12.1 Å². The first-order valence-corrected chi connectivity index (χ1v) is 9.62. The van der Waals surface area contributed by atoms with Gasteiger partial charge in [0.15, 0.2) is 0 Å². The highest BCUT2D eigenvalue weighted by molar-refractivity contribution is 6.00. The molecule has 5 amide bonds. The van der Waals surface area contributed by atoms with E-state index >= 15 is 0 Å². The molecule has 5 N–H and O–H groups in total. The van der Waals surface area contributed by atoms with Crippen molar-refractivity contribution in [1.29, 1.82) is 0 Å². The van der Waals surface area contributed by atoms with E-state index in [0.717, 1.165) is 5.56 Å². The summed E-state index contributed by atoms with van der Waals surface area (Å²) in [5.74, 6) is -0.373. The van der Waals surface area contributed by atoms with Gasteiger partial charge in [-0.3, -0.25) is 4.79 Å². The first kappa shape index (κ1) is 21.4. The Labute approximate surface area is 180 Å². The van der Waals surface area contributed by atoms with Crippen LogP contribution in [-0.4, -0.2) is 24.5 Å². The summed E-state index contributed by atoms with van der Waals surface area (Å²) in [6, 6.07) is 22.2. The number of rotatable bonds is 6. The Balaban J connectivity index is 1.42. The lowest BCUT2D eigenvalue weighted by molar-refractivity contribution is -0.115. The molecule has 3 rings (SSSR count). The summed E-state index contributed by atoms with van der Waals surface area (Å²) in [6.45, 7) is 1.74. The first-order chi connectivity index (χ1) is 15.0. The molecule has 3 aromatic carbocycles. The quantitative estimate of drug-likeness (QED) is 0.410. The maximum absolute atomic E-state index is 12.1. The van der Waals surface area contributed by atoms with Crippen molar-refractivity contribution in [2.45, 2.75) is 6.92 Å². The Morgan fingerprint density at radius 3 is 1.81 bits per heavy atom. The molecular formula is C23H23N5O3. The highest BCUT2D eigenvalue weighted by Gasteiger charge is 2.07. The summed E-state index contributed by atoms with van der Waals surface area (Å²) >= 11 is 0. The number of hydrogen-bond acceptors (Lipinski definition) is 3. The van der Waals surface area contributed by atoms with E-state index in [2.05, 4.69) is 26.6 Å². The van der Waals surface area contributed by atoms with Gasteiger partial charge in [0, 0.05) is 22.7 Å². The molecule has 0 atom stereocenters. The molecule has 158 valence electrons. The Hall–Kier alpha value is -4.33. The van der Waals surface area contributed by atoms with Crippen molar-refractivity contribution in [3.05, 3.63) is 84.4 Å². The second-order valence-electron chi connectivity index (χ2n) is 6.75. The number of aryl methyl sites for hydroxylation is 1. The zero-order chi connectivity index (χ0) is 22.1. The first-order valence-electron chi connectivity index (χ1n) is 9.62. The van der Waals surface area contributed by atoms with Crippen LogP contribution in [0.2, 0.25) is 0 Å².